The molecule has 0 bridgehead atoms. The van der Waals surface area contributed by atoms with Gasteiger partial charge in [0.05, 0.1) is 0 Å². The molecule has 0 radical (unpaired) electrons. The van der Waals surface area contributed by atoms with Crippen molar-refractivity contribution in [3.8, 4) is 16.9 Å². The fourth-order valence-electron chi connectivity index (χ4n) is 2.51. The van der Waals surface area contributed by atoms with Crippen molar-refractivity contribution in [2.45, 2.75) is 6.61 Å². The van der Waals surface area contributed by atoms with Gasteiger partial charge in [-0.25, -0.2) is 4.39 Å². The fraction of sp³-hybridized carbons (Fsp3) is 0.0476. The molecular weight excluding hydrogens is 306 g/mol. The van der Waals surface area contributed by atoms with Crippen LogP contribution in [0.4, 0.5) is 8.78 Å². The second kappa shape index (κ2) is 7.09. The Hall–Kier alpha value is -2.94. The van der Waals surface area contributed by atoms with E-state index in [-0.39, 0.29) is 17.9 Å². The summed E-state index contributed by atoms with van der Waals surface area (Å²) >= 11 is 0. The van der Waals surface area contributed by atoms with Crippen molar-refractivity contribution < 1.29 is 13.5 Å². The number of ether oxygens (including phenoxy) is 1. The molecule has 3 heteroatoms. The van der Waals surface area contributed by atoms with Gasteiger partial charge in [-0.2, -0.15) is 4.39 Å². The molecule has 0 aliphatic rings. The van der Waals surface area contributed by atoms with E-state index in [9.17, 15) is 8.78 Å². The Kier molecular flexibility index (Phi) is 4.71. The predicted octanol–water partition coefficient (Wildman–Crippen LogP) is 5.85. The second-order valence-electron chi connectivity index (χ2n) is 5.30. The molecule has 0 aliphatic carbocycles. The van der Waals surface area contributed by atoms with Gasteiger partial charge in [0.2, 0.25) is 5.82 Å². The highest BCUT2D eigenvalue weighted by Crippen LogP contribution is 2.32. The summed E-state index contributed by atoms with van der Waals surface area (Å²) in [6, 6.07) is 19.5. The topological polar surface area (TPSA) is 9.23 Å². The third-order valence-electron chi connectivity index (χ3n) is 3.75. The smallest absolute Gasteiger partial charge is 0.201 e. The molecule has 1 nitrogen and oxygen atoms in total. The summed E-state index contributed by atoms with van der Waals surface area (Å²) in [4.78, 5) is 0. The van der Waals surface area contributed by atoms with Crippen LogP contribution in [0.5, 0.6) is 5.75 Å². The number of hydrogen-bond donors (Lipinski definition) is 0. The standard InChI is InChI=1S/C21H16F2O/c1-2-16-10-6-7-11-17(16)18-12-13-19(21(23)20(18)22)24-14-15-8-4-3-5-9-15/h2-13H,1,14H2. The van der Waals surface area contributed by atoms with E-state index in [2.05, 4.69) is 6.58 Å². The summed E-state index contributed by atoms with van der Waals surface area (Å²) in [6.45, 7) is 3.89. The van der Waals surface area contributed by atoms with Crippen LogP contribution in [-0.4, -0.2) is 0 Å². The summed E-state index contributed by atoms with van der Waals surface area (Å²) in [5.41, 5.74) is 2.42. The highest BCUT2D eigenvalue weighted by Gasteiger charge is 2.17. The average Bonchev–Trinajstić information content (AvgIpc) is 2.64. The van der Waals surface area contributed by atoms with Crippen molar-refractivity contribution in [1.82, 2.24) is 0 Å². The normalized spacial score (nSPS) is 10.4. The quantitative estimate of drug-likeness (QED) is 0.572. The molecule has 0 saturated carbocycles. The maximum Gasteiger partial charge on any atom is 0.201 e. The van der Waals surface area contributed by atoms with E-state index in [1.165, 1.54) is 12.1 Å². The molecular formula is C21H16F2O. The van der Waals surface area contributed by atoms with E-state index < -0.39 is 11.6 Å². The van der Waals surface area contributed by atoms with Gasteiger partial charge in [0, 0.05) is 5.56 Å². The molecule has 0 aromatic heterocycles. The molecule has 0 fully saturated rings. The van der Waals surface area contributed by atoms with Gasteiger partial charge in [-0.05, 0) is 28.8 Å². The number of benzene rings is 3. The Morgan fingerprint density at radius 1 is 0.792 bits per heavy atom. The molecule has 24 heavy (non-hydrogen) atoms. The summed E-state index contributed by atoms with van der Waals surface area (Å²) in [7, 11) is 0. The minimum Gasteiger partial charge on any atom is -0.486 e. The van der Waals surface area contributed by atoms with Crippen LogP contribution in [0.1, 0.15) is 11.1 Å². The van der Waals surface area contributed by atoms with Gasteiger partial charge in [0.25, 0.3) is 0 Å². The first kappa shape index (κ1) is 15.9. The van der Waals surface area contributed by atoms with Crippen molar-refractivity contribution in [3.05, 3.63) is 96.1 Å². The van der Waals surface area contributed by atoms with E-state index in [1.54, 1.807) is 24.3 Å². The predicted molar refractivity (Wildman–Crippen MR) is 92.7 cm³/mol. The third kappa shape index (κ3) is 3.20. The molecule has 120 valence electrons. The van der Waals surface area contributed by atoms with Crippen molar-refractivity contribution >= 4 is 6.08 Å². The molecule has 0 unspecified atom stereocenters. The number of rotatable bonds is 5. The molecule has 3 aromatic carbocycles. The highest BCUT2D eigenvalue weighted by molar-refractivity contribution is 5.75. The highest BCUT2D eigenvalue weighted by atomic mass is 19.2. The van der Waals surface area contributed by atoms with Gasteiger partial charge in [-0.3, -0.25) is 0 Å². The molecule has 0 N–H and O–H groups in total. The maximum atomic E-state index is 14.5. The number of halogens is 2. The van der Waals surface area contributed by atoms with Crippen molar-refractivity contribution in [2.75, 3.05) is 0 Å². The van der Waals surface area contributed by atoms with E-state index in [0.717, 1.165) is 11.1 Å². The Balaban J connectivity index is 1.90. The molecule has 3 rings (SSSR count). The minimum atomic E-state index is -0.984. The van der Waals surface area contributed by atoms with Crippen LogP contribution < -0.4 is 4.74 Å². The molecule has 0 saturated heterocycles. The van der Waals surface area contributed by atoms with Crippen molar-refractivity contribution in [2.24, 2.45) is 0 Å². The molecule has 0 aliphatic heterocycles. The molecule has 0 heterocycles. The van der Waals surface area contributed by atoms with Crippen LogP contribution in [0.2, 0.25) is 0 Å². The molecule has 0 spiro atoms. The van der Waals surface area contributed by atoms with E-state index in [0.29, 0.717) is 5.56 Å². The van der Waals surface area contributed by atoms with Crippen LogP contribution in [0.3, 0.4) is 0 Å². The lowest BCUT2D eigenvalue weighted by molar-refractivity contribution is 0.285. The van der Waals surface area contributed by atoms with Crippen LogP contribution in [-0.2, 0) is 6.61 Å². The Bertz CT molecular complexity index is 857. The first-order chi connectivity index (χ1) is 11.7. The summed E-state index contributed by atoms with van der Waals surface area (Å²) < 4.78 is 34.3. The number of hydrogen-bond acceptors (Lipinski definition) is 1. The minimum absolute atomic E-state index is 0.101. The summed E-state index contributed by atoms with van der Waals surface area (Å²) in [6.07, 6.45) is 1.62. The van der Waals surface area contributed by atoms with Crippen LogP contribution in [0.25, 0.3) is 17.2 Å². The van der Waals surface area contributed by atoms with Gasteiger partial charge in [0.1, 0.15) is 6.61 Å². The van der Waals surface area contributed by atoms with E-state index in [1.807, 2.05) is 36.4 Å². The Labute approximate surface area is 139 Å². The first-order valence-corrected chi connectivity index (χ1v) is 7.57. The first-order valence-electron chi connectivity index (χ1n) is 7.57. The van der Waals surface area contributed by atoms with Crippen LogP contribution in [0, 0.1) is 11.6 Å². The van der Waals surface area contributed by atoms with Gasteiger partial charge in [0.15, 0.2) is 11.6 Å². The zero-order chi connectivity index (χ0) is 16.9. The Morgan fingerprint density at radius 3 is 2.25 bits per heavy atom. The lowest BCUT2D eigenvalue weighted by Crippen LogP contribution is -2.00. The van der Waals surface area contributed by atoms with Gasteiger partial charge < -0.3 is 4.74 Å². The van der Waals surface area contributed by atoms with Crippen LogP contribution >= 0.6 is 0 Å². The lowest BCUT2D eigenvalue weighted by atomic mass is 9.99. The summed E-state index contributed by atoms with van der Waals surface area (Å²) in [5, 5.41) is 0. The van der Waals surface area contributed by atoms with Gasteiger partial charge >= 0.3 is 0 Å². The average molecular weight is 322 g/mol. The lowest BCUT2D eigenvalue weighted by Gasteiger charge is -2.12. The van der Waals surface area contributed by atoms with Gasteiger partial charge in [-0.15, -0.1) is 0 Å². The summed E-state index contributed by atoms with van der Waals surface area (Å²) in [5.74, 6) is -2.01. The largest absolute Gasteiger partial charge is 0.486 e. The Morgan fingerprint density at radius 2 is 1.50 bits per heavy atom. The van der Waals surface area contributed by atoms with E-state index >= 15 is 0 Å². The fourth-order valence-corrected chi connectivity index (χ4v) is 2.51. The molecule has 0 atom stereocenters. The zero-order valence-electron chi connectivity index (χ0n) is 13.0. The maximum absolute atomic E-state index is 14.5. The van der Waals surface area contributed by atoms with E-state index in [4.69, 9.17) is 4.74 Å². The second-order valence-corrected chi connectivity index (χ2v) is 5.30. The SMILES string of the molecule is C=Cc1ccccc1-c1ccc(OCc2ccccc2)c(F)c1F. The third-order valence-corrected chi connectivity index (χ3v) is 3.75. The van der Waals surface area contributed by atoms with Gasteiger partial charge in [-0.1, -0.05) is 67.3 Å². The van der Waals surface area contributed by atoms with Crippen molar-refractivity contribution in [3.63, 3.8) is 0 Å². The molecule has 0 amide bonds. The zero-order valence-corrected chi connectivity index (χ0v) is 13.0. The molecule has 3 aromatic rings. The van der Waals surface area contributed by atoms with Crippen LogP contribution in [0.15, 0.2) is 73.3 Å². The van der Waals surface area contributed by atoms with Crippen molar-refractivity contribution in [1.29, 1.82) is 0 Å². The monoisotopic (exact) mass is 322 g/mol.